The lowest BCUT2D eigenvalue weighted by Gasteiger charge is -2.34. The number of fused-ring (bicyclic) bond motifs is 1. The number of nitrogens with one attached hydrogen (secondary N) is 1. The van der Waals surface area contributed by atoms with Crippen LogP contribution in [0.2, 0.25) is 0 Å². The first-order valence-corrected chi connectivity index (χ1v) is 12.6. The first-order valence-electron chi connectivity index (χ1n) is 12.6. The van der Waals surface area contributed by atoms with Crippen LogP contribution in [0, 0.1) is 6.92 Å². The fraction of sp³-hybridized carbons (Fsp3) is 0.345. The van der Waals surface area contributed by atoms with Crippen molar-refractivity contribution in [2.75, 3.05) is 6.54 Å². The second kappa shape index (κ2) is 11.3. The number of aryl methyl sites for hydroxylation is 1. The van der Waals surface area contributed by atoms with E-state index in [4.69, 9.17) is 0 Å². The number of hydrogen-bond acceptors (Lipinski definition) is 5. The average Bonchev–Trinajstić information content (AvgIpc) is 3.30. The number of carbonyl (C=O) groups is 2. The Kier molecular flexibility index (Phi) is 7.96. The molecule has 0 spiro atoms. The molecule has 2 aromatic carbocycles. The molecule has 0 bridgehead atoms. The highest BCUT2D eigenvalue weighted by Gasteiger charge is 2.34. The number of rotatable bonds is 10. The highest BCUT2D eigenvalue weighted by molar-refractivity contribution is 5.89. The second-order valence-corrected chi connectivity index (χ2v) is 9.92. The van der Waals surface area contributed by atoms with Crippen molar-refractivity contribution in [1.29, 1.82) is 0 Å². The van der Waals surface area contributed by atoms with Crippen LogP contribution in [0.25, 0.3) is 11.0 Å². The average molecular weight is 499 g/mol. The van der Waals surface area contributed by atoms with Gasteiger partial charge in [-0.2, -0.15) is 0 Å². The van der Waals surface area contributed by atoms with Gasteiger partial charge in [-0.05, 0) is 62.9 Å². The third-order valence-corrected chi connectivity index (χ3v) is 6.81. The molecule has 0 unspecified atom stereocenters. The van der Waals surface area contributed by atoms with Crippen LogP contribution in [0.15, 0.2) is 73.1 Å². The van der Waals surface area contributed by atoms with Crippen LogP contribution >= 0.6 is 0 Å². The lowest BCUT2D eigenvalue weighted by atomic mass is 9.98. The van der Waals surface area contributed by atoms with Crippen molar-refractivity contribution in [3.63, 3.8) is 0 Å². The summed E-state index contributed by atoms with van der Waals surface area (Å²) in [6.07, 6.45) is 4.68. The molecule has 0 saturated carbocycles. The topological polar surface area (TPSA) is 93.0 Å². The van der Waals surface area contributed by atoms with Gasteiger partial charge in [-0.1, -0.05) is 54.6 Å². The molecule has 192 valence electrons. The van der Waals surface area contributed by atoms with Gasteiger partial charge in [0.15, 0.2) is 0 Å². The maximum atomic E-state index is 14.0. The van der Waals surface area contributed by atoms with Crippen LogP contribution in [-0.2, 0) is 22.6 Å². The highest BCUT2D eigenvalue weighted by Crippen LogP contribution is 2.24. The van der Waals surface area contributed by atoms with E-state index in [1.807, 2.05) is 63.2 Å². The number of para-hydroxylation sites is 1. The van der Waals surface area contributed by atoms with Gasteiger partial charge in [-0.15, -0.1) is 5.10 Å². The number of amides is 2. The first kappa shape index (κ1) is 26.0. The van der Waals surface area contributed by atoms with Crippen molar-refractivity contribution < 1.29 is 9.59 Å². The van der Waals surface area contributed by atoms with E-state index in [0.717, 1.165) is 23.1 Å². The van der Waals surface area contributed by atoms with Crippen molar-refractivity contribution in [2.45, 2.75) is 58.7 Å². The number of carbonyl (C=O) groups excluding carboxylic acids is 2. The molecule has 2 amide bonds. The predicted octanol–water partition coefficient (Wildman–Crippen LogP) is 4.25. The van der Waals surface area contributed by atoms with Crippen molar-refractivity contribution in [2.24, 2.45) is 0 Å². The van der Waals surface area contributed by atoms with E-state index in [2.05, 4.69) is 39.7 Å². The fourth-order valence-corrected chi connectivity index (χ4v) is 4.28. The summed E-state index contributed by atoms with van der Waals surface area (Å²) in [5, 5.41) is 11.5. The lowest BCUT2D eigenvalue weighted by molar-refractivity contribution is -0.142. The van der Waals surface area contributed by atoms with Crippen molar-refractivity contribution in [3.05, 3.63) is 89.7 Å². The van der Waals surface area contributed by atoms with Gasteiger partial charge in [0.25, 0.3) is 0 Å². The Morgan fingerprint density at radius 3 is 2.54 bits per heavy atom. The van der Waals surface area contributed by atoms with E-state index in [1.165, 1.54) is 0 Å². The zero-order chi connectivity index (χ0) is 26.4. The minimum atomic E-state index is -0.842. The number of benzene rings is 2. The van der Waals surface area contributed by atoms with Crippen molar-refractivity contribution >= 4 is 22.8 Å². The smallest absolute Gasteiger partial charge is 0.247 e. The van der Waals surface area contributed by atoms with E-state index in [9.17, 15) is 9.59 Å². The number of nitrogens with zero attached hydrogens (tertiary/aromatic N) is 5. The molecule has 0 aliphatic rings. The summed E-state index contributed by atoms with van der Waals surface area (Å²) < 4.78 is 1.59. The molecule has 0 aliphatic carbocycles. The van der Waals surface area contributed by atoms with E-state index in [-0.39, 0.29) is 18.4 Å². The highest BCUT2D eigenvalue weighted by atomic mass is 16.2. The Labute approximate surface area is 217 Å². The molecule has 37 heavy (non-hydrogen) atoms. The van der Waals surface area contributed by atoms with E-state index >= 15 is 0 Å². The molecule has 8 heteroatoms. The van der Waals surface area contributed by atoms with Gasteiger partial charge in [-0.3, -0.25) is 14.6 Å². The van der Waals surface area contributed by atoms with Crippen LogP contribution < -0.4 is 5.32 Å². The fourth-order valence-electron chi connectivity index (χ4n) is 4.28. The Morgan fingerprint density at radius 1 is 1.05 bits per heavy atom. The summed E-state index contributed by atoms with van der Waals surface area (Å²) >= 11 is 0. The molecule has 0 saturated heterocycles. The quantitative estimate of drug-likeness (QED) is 0.353. The third-order valence-electron chi connectivity index (χ3n) is 6.81. The van der Waals surface area contributed by atoms with Gasteiger partial charge in [0.1, 0.15) is 18.1 Å². The maximum Gasteiger partial charge on any atom is 0.247 e. The summed E-state index contributed by atoms with van der Waals surface area (Å²) in [6, 6.07) is 18.4. The SMILES string of the molecule is CCC(C)(C)NC(=O)[C@@H](c1cccnc1)N(CCc1ccccc1C)C(=O)Cn1nnc2ccccc21. The van der Waals surface area contributed by atoms with Crippen LogP contribution in [0.1, 0.15) is 49.9 Å². The zero-order valence-corrected chi connectivity index (χ0v) is 21.9. The lowest BCUT2D eigenvalue weighted by Crippen LogP contribution is -2.51. The molecule has 0 radical (unpaired) electrons. The summed E-state index contributed by atoms with van der Waals surface area (Å²) in [5.74, 6) is -0.455. The van der Waals surface area contributed by atoms with Gasteiger partial charge in [0, 0.05) is 30.0 Å². The van der Waals surface area contributed by atoms with Crippen molar-refractivity contribution in [1.82, 2.24) is 30.2 Å². The Hall–Kier alpha value is -4.07. The molecule has 0 aliphatic heterocycles. The molecule has 0 fully saturated rings. The first-order chi connectivity index (χ1) is 17.8. The summed E-state index contributed by atoms with van der Waals surface area (Å²) in [4.78, 5) is 33.6. The largest absolute Gasteiger partial charge is 0.349 e. The van der Waals surface area contributed by atoms with Gasteiger partial charge < -0.3 is 10.2 Å². The summed E-state index contributed by atoms with van der Waals surface area (Å²) in [5.41, 5.74) is 3.99. The predicted molar refractivity (Wildman–Crippen MR) is 144 cm³/mol. The monoisotopic (exact) mass is 498 g/mol. The van der Waals surface area contributed by atoms with E-state index in [1.54, 1.807) is 28.0 Å². The number of hydrogen-bond donors (Lipinski definition) is 1. The summed E-state index contributed by atoms with van der Waals surface area (Å²) in [6.45, 7) is 8.36. The van der Waals surface area contributed by atoms with Crippen LogP contribution in [0.4, 0.5) is 0 Å². The molecule has 4 aromatic rings. The Balaban J connectivity index is 1.71. The van der Waals surface area contributed by atoms with Crippen molar-refractivity contribution in [3.8, 4) is 0 Å². The molecule has 1 atom stereocenters. The maximum absolute atomic E-state index is 14.0. The molecular weight excluding hydrogens is 464 g/mol. The van der Waals surface area contributed by atoms with Crippen LogP contribution in [0.3, 0.4) is 0 Å². The van der Waals surface area contributed by atoms with Gasteiger partial charge in [-0.25, -0.2) is 4.68 Å². The molecule has 8 nitrogen and oxygen atoms in total. The van der Waals surface area contributed by atoms with Crippen LogP contribution in [0.5, 0.6) is 0 Å². The normalized spacial score (nSPS) is 12.3. The minimum Gasteiger partial charge on any atom is -0.349 e. The molecular formula is C29H34N6O2. The second-order valence-electron chi connectivity index (χ2n) is 9.92. The summed E-state index contributed by atoms with van der Waals surface area (Å²) in [7, 11) is 0. The Morgan fingerprint density at radius 2 is 1.81 bits per heavy atom. The van der Waals surface area contributed by atoms with Gasteiger partial charge >= 0.3 is 0 Å². The standard InChI is InChI=1S/C29H34N6O2/c1-5-29(3,4)31-28(37)27(23-13-10-17-30-19-23)34(18-16-22-12-7-6-11-21(22)2)26(36)20-35-25-15-9-8-14-24(25)32-33-35/h6-15,17,19,27H,5,16,18,20H2,1-4H3,(H,31,37)/t27-/m1/s1. The van der Waals surface area contributed by atoms with Gasteiger partial charge in [0.05, 0.1) is 5.52 Å². The molecule has 2 aromatic heterocycles. The molecule has 1 N–H and O–H groups in total. The molecule has 4 rings (SSSR count). The Bertz CT molecular complexity index is 1370. The van der Waals surface area contributed by atoms with Gasteiger partial charge in [0.2, 0.25) is 11.8 Å². The third kappa shape index (κ3) is 6.20. The van der Waals surface area contributed by atoms with E-state index in [0.29, 0.717) is 24.0 Å². The molecule has 2 heterocycles. The van der Waals surface area contributed by atoms with E-state index < -0.39 is 11.6 Å². The zero-order valence-electron chi connectivity index (χ0n) is 21.9. The van der Waals surface area contributed by atoms with Crippen LogP contribution in [-0.4, -0.2) is 48.8 Å². The minimum absolute atomic E-state index is 0.0322. The number of aromatic nitrogens is 4. The number of pyridine rings is 1.